The second-order valence-electron chi connectivity index (χ2n) is 7.17. The maximum absolute atomic E-state index is 12.0. The standard InChI is InChI=1S/C20H24N2O2/c1-20(2,3)24-19(23)22-17-12-16-11-15(9-10-18(16)21-13-17)14-7-5-4-6-8-14/h4-11,17,21H,12-13H2,1-3H3,(H,22,23). The lowest BCUT2D eigenvalue weighted by atomic mass is 9.95. The summed E-state index contributed by atoms with van der Waals surface area (Å²) in [5.41, 5.74) is 4.25. The van der Waals surface area contributed by atoms with E-state index in [0.717, 1.165) is 12.1 Å². The van der Waals surface area contributed by atoms with Crippen molar-refractivity contribution in [1.82, 2.24) is 5.32 Å². The van der Waals surface area contributed by atoms with Gasteiger partial charge in [-0.3, -0.25) is 0 Å². The van der Waals surface area contributed by atoms with E-state index in [4.69, 9.17) is 4.74 Å². The first-order chi connectivity index (χ1) is 11.4. The molecule has 4 nitrogen and oxygen atoms in total. The molecule has 1 atom stereocenters. The zero-order chi connectivity index (χ0) is 17.2. The molecular weight excluding hydrogens is 300 g/mol. The zero-order valence-electron chi connectivity index (χ0n) is 14.4. The number of ether oxygens (including phenoxy) is 1. The highest BCUT2D eigenvalue weighted by molar-refractivity contribution is 5.71. The molecule has 0 radical (unpaired) electrons. The lowest BCUT2D eigenvalue weighted by Crippen LogP contribution is -2.45. The number of hydrogen-bond acceptors (Lipinski definition) is 3. The average Bonchev–Trinajstić information content (AvgIpc) is 2.53. The minimum absolute atomic E-state index is 0.0263. The van der Waals surface area contributed by atoms with Gasteiger partial charge < -0.3 is 15.4 Å². The van der Waals surface area contributed by atoms with Crippen LogP contribution in [0.25, 0.3) is 11.1 Å². The molecule has 0 bridgehead atoms. The van der Waals surface area contributed by atoms with Crippen molar-refractivity contribution in [2.24, 2.45) is 0 Å². The largest absolute Gasteiger partial charge is 0.444 e. The second kappa shape index (κ2) is 6.56. The fraction of sp³-hybridized carbons (Fsp3) is 0.350. The van der Waals surface area contributed by atoms with Gasteiger partial charge in [-0.05, 0) is 56.0 Å². The molecule has 0 fully saturated rings. The van der Waals surface area contributed by atoms with E-state index < -0.39 is 5.60 Å². The maximum Gasteiger partial charge on any atom is 0.407 e. The third kappa shape index (κ3) is 4.07. The van der Waals surface area contributed by atoms with Crippen molar-refractivity contribution >= 4 is 11.8 Å². The van der Waals surface area contributed by atoms with E-state index in [-0.39, 0.29) is 12.1 Å². The highest BCUT2D eigenvalue weighted by Gasteiger charge is 2.23. The Morgan fingerprint density at radius 1 is 1.12 bits per heavy atom. The third-order valence-corrected chi connectivity index (χ3v) is 3.94. The van der Waals surface area contributed by atoms with Crippen molar-refractivity contribution in [2.75, 3.05) is 11.9 Å². The van der Waals surface area contributed by atoms with Gasteiger partial charge in [-0.25, -0.2) is 4.79 Å². The Balaban J connectivity index is 1.72. The van der Waals surface area contributed by atoms with Gasteiger partial charge in [0.25, 0.3) is 0 Å². The second-order valence-corrected chi connectivity index (χ2v) is 7.17. The van der Waals surface area contributed by atoms with Crippen molar-refractivity contribution in [1.29, 1.82) is 0 Å². The van der Waals surface area contributed by atoms with Gasteiger partial charge in [-0.1, -0.05) is 36.4 Å². The van der Waals surface area contributed by atoms with Crippen LogP contribution in [0.1, 0.15) is 26.3 Å². The summed E-state index contributed by atoms with van der Waals surface area (Å²) >= 11 is 0. The van der Waals surface area contributed by atoms with Gasteiger partial charge in [0, 0.05) is 12.2 Å². The number of carbonyl (C=O) groups is 1. The molecule has 0 saturated carbocycles. The Kier molecular flexibility index (Phi) is 4.47. The first-order valence-electron chi connectivity index (χ1n) is 8.32. The Labute approximate surface area is 143 Å². The van der Waals surface area contributed by atoms with Crippen molar-refractivity contribution in [3.63, 3.8) is 0 Å². The lowest BCUT2D eigenvalue weighted by Gasteiger charge is -2.28. The summed E-state index contributed by atoms with van der Waals surface area (Å²) in [4.78, 5) is 12.0. The Morgan fingerprint density at radius 2 is 1.88 bits per heavy atom. The molecular formula is C20H24N2O2. The Bertz CT molecular complexity index is 720. The highest BCUT2D eigenvalue weighted by Crippen LogP contribution is 2.28. The topological polar surface area (TPSA) is 50.4 Å². The number of hydrogen-bond donors (Lipinski definition) is 2. The molecule has 1 aliphatic heterocycles. The molecule has 0 saturated heterocycles. The quantitative estimate of drug-likeness (QED) is 0.870. The summed E-state index contributed by atoms with van der Waals surface area (Å²) in [5.74, 6) is 0. The number of benzene rings is 2. The molecule has 0 aliphatic carbocycles. The van der Waals surface area contributed by atoms with E-state index in [0.29, 0.717) is 6.54 Å². The van der Waals surface area contributed by atoms with Gasteiger partial charge in [-0.15, -0.1) is 0 Å². The van der Waals surface area contributed by atoms with Gasteiger partial charge >= 0.3 is 6.09 Å². The summed E-state index contributed by atoms with van der Waals surface area (Å²) in [6.45, 7) is 6.31. The van der Waals surface area contributed by atoms with Crippen LogP contribution in [0.15, 0.2) is 48.5 Å². The van der Waals surface area contributed by atoms with Crippen LogP contribution in [0.5, 0.6) is 0 Å². The predicted octanol–water partition coefficient (Wildman–Crippen LogP) is 4.21. The summed E-state index contributed by atoms with van der Waals surface area (Å²) in [5, 5.41) is 6.34. The molecule has 2 aromatic carbocycles. The summed E-state index contributed by atoms with van der Waals surface area (Å²) in [6.07, 6.45) is 0.430. The average molecular weight is 324 g/mol. The summed E-state index contributed by atoms with van der Waals surface area (Å²) in [6, 6.07) is 16.8. The number of nitrogens with one attached hydrogen (secondary N) is 2. The predicted molar refractivity (Wildman–Crippen MR) is 97.2 cm³/mol. The van der Waals surface area contributed by atoms with Gasteiger partial charge in [0.05, 0.1) is 6.04 Å². The van der Waals surface area contributed by atoms with Crippen molar-refractivity contribution in [3.8, 4) is 11.1 Å². The Hall–Kier alpha value is -2.49. The van der Waals surface area contributed by atoms with Gasteiger partial charge in [0.15, 0.2) is 0 Å². The number of carbonyl (C=O) groups excluding carboxylic acids is 1. The van der Waals surface area contributed by atoms with Crippen LogP contribution in [0, 0.1) is 0 Å². The van der Waals surface area contributed by atoms with Crippen molar-refractivity contribution in [3.05, 3.63) is 54.1 Å². The Morgan fingerprint density at radius 3 is 2.58 bits per heavy atom. The summed E-state index contributed by atoms with van der Waals surface area (Å²) in [7, 11) is 0. The number of amides is 1. The minimum Gasteiger partial charge on any atom is -0.444 e. The van der Waals surface area contributed by atoms with E-state index in [9.17, 15) is 4.79 Å². The number of fused-ring (bicyclic) bond motifs is 1. The number of anilines is 1. The highest BCUT2D eigenvalue weighted by atomic mass is 16.6. The van der Waals surface area contributed by atoms with Crippen molar-refractivity contribution < 1.29 is 9.53 Å². The van der Waals surface area contributed by atoms with Crippen LogP contribution in [-0.4, -0.2) is 24.3 Å². The van der Waals surface area contributed by atoms with Crippen molar-refractivity contribution in [2.45, 2.75) is 38.8 Å². The lowest BCUT2D eigenvalue weighted by molar-refractivity contribution is 0.0506. The first-order valence-corrected chi connectivity index (χ1v) is 8.32. The molecule has 0 spiro atoms. The SMILES string of the molecule is CC(C)(C)OC(=O)NC1CNc2ccc(-c3ccccc3)cc2C1. The molecule has 2 aromatic rings. The fourth-order valence-electron chi connectivity index (χ4n) is 2.89. The van der Waals surface area contributed by atoms with Crippen LogP contribution in [0.2, 0.25) is 0 Å². The van der Waals surface area contributed by atoms with Crippen LogP contribution >= 0.6 is 0 Å². The molecule has 2 N–H and O–H groups in total. The molecule has 4 heteroatoms. The normalized spacial score (nSPS) is 16.7. The van der Waals surface area contributed by atoms with Crippen LogP contribution < -0.4 is 10.6 Å². The zero-order valence-corrected chi connectivity index (χ0v) is 14.4. The monoisotopic (exact) mass is 324 g/mol. The van der Waals surface area contributed by atoms with Crippen LogP contribution in [0.3, 0.4) is 0 Å². The fourth-order valence-corrected chi connectivity index (χ4v) is 2.89. The smallest absolute Gasteiger partial charge is 0.407 e. The minimum atomic E-state index is -0.482. The molecule has 0 aromatic heterocycles. The molecule has 1 amide bonds. The van der Waals surface area contributed by atoms with Gasteiger partial charge in [0.1, 0.15) is 5.60 Å². The van der Waals surface area contributed by atoms with Crippen LogP contribution in [0.4, 0.5) is 10.5 Å². The van der Waals surface area contributed by atoms with E-state index in [1.165, 1.54) is 16.7 Å². The third-order valence-electron chi connectivity index (χ3n) is 3.94. The molecule has 3 rings (SSSR count). The molecule has 1 unspecified atom stereocenters. The molecule has 1 aliphatic rings. The van der Waals surface area contributed by atoms with E-state index in [1.54, 1.807) is 0 Å². The number of alkyl carbamates (subject to hydrolysis) is 1. The first kappa shape index (κ1) is 16.4. The van der Waals surface area contributed by atoms with Crippen LogP contribution in [-0.2, 0) is 11.2 Å². The van der Waals surface area contributed by atoms with E-state index >= 15 is 0 Å². The molecule has 126 valence electrons. The maximum atomic E-state index is 12.0. The molecule has 1 heterocycles. The summed E-state index contributed by atoms with van der Waals surface area (Å²) < 4.78 is 5.34. The van der Waals surface area contributed by atoms with E-state index in [2.05, 4.69) is 41.0 Å². The van der Waals surface area contributed by atoms with E-state index in [1.807, 2.05) is 39.0 Å². The molecule has 24 heavy (non-hydrogen) atoms. The van der Waals surface area contributed by atoms with Gasteiger partial charge in [0.2, 0.25) is 0 Å². The number of rotatable bonds is 2. The van der Waals surface area contributed by atoms with Gasteiger partial charge in [-0.2, -0.15) is 0 Å².